The summed E-state index contributed by atoms with van der Waals surface area (Å²) in [5.74, 6) is -1.65. The van der Waals surface area contributed by atoms with Crippen LogP contribution in [0.25, 0.3) is 0 Å². The number of carbonyl (C=O) groups is 2. The number of Topliss-reactive ketones (excluding diaryl/α,β-unsaturated/α-hetero) is 1. The van der Waals surface area contributed by atoms with E-state index in [1.54, 1.807) is 7.05 Å². The average molecular weight is 379 g/mol. The van der Waals surface area contributed by atoms with E-state index in [1.807, 2.05) is 0 Å². The first-order chi connectivity index (χ1) is 12.2. The molecule has 0 unspecified atom stereocenters. The predicted molar refractivity (Wildman–Crippen MR) is 96.7 cm³/mol. The van der Waals surface area contributed by atoms with Crippen molar-refractivity contribution in [3.05, 3.63) is 52.1 Å². The summed E-state index contributed by atoms with van der Waals surface area (Å²) in [6, 6.07) is 3.78. The smallest absolute Gasteiger partial charge is 0.261 e. The number of carbonyl (C=O) groups excluding carboxylic acids is 2. The summed E-state index contributed by atoms with van der Waals surface area (Å²) in [5.41, 5.74) is 0.436. The van der Waals surface area contributed by atoms with Crippen molar-refractivity contribution in [3.8, 4) is 0 Å². The largest absolute Gasteiger partial charge is 0.512 e. The Morgan fingerprint density at radius 1 is 1.38 bits per heavy atom. The molecular weight excluding hydrogens is 363 g/mol. The Hall–Kier alpha value is -3.00. The zero-order valence-corrected chi connectivity index (χ0v) is 15.0. The molecule has 2 rings (SSSR count). The zero-order valence-electron chi connectivity index (χ0n) is 14.2. The minimum atomic E-state index is -0.598. The minimum Gasteiger partial charge on any atom is -0.512 e. The van der Waals surface area contributed by atoms with E-state index in [0.29, 0.717) is 5.69 Å². The standard InChI is InChI=1S/C17H16ClFN4O3/c1-9(24)12(10(2)25)7-20-16-13(8-23(3)22-16)17(26)21-11-4-5-15(19)14(18)6-11/h4-8,24H,1-3H3,(H,21,26). The molecule has 7 nitrogen and oxygen atoms in total. The summed E-state index contributed by atoms with van der Waals surface area (Å²) in [6.45, 7) is 2.64. The van der Waals surface area contributed by atoms with Crippen LogP contribution in [0, 0.1) is 5.82 Å². The van der Waals surface area contributed by atoms with Gasteiger partial charge in [0.1, 0.15) is 17.1 Å². The Morgan fingerprint density at radius 2 is 2.08 bits per heavy atom. The lowest BCUT2D eigenvalue weighted by Crippen LogP contribution is -2.11. The topological polar surface area (TPSA) is 96.6 Å². The van der Waals surface area contributed by atoms with Crippen molar-refractivity contribution >= 4 is 41.0 Å². The summed E-state index contributed by atoms with van der Waals surface area (Å²) >= 11 is 5.70. The molecule has 1 aromatic carbocycles. The number of aliphatic imine (C=N–C) groups is 1. The number of aryl methyl sites for hydroxylation is 1. The van der Waals surface area contributed by atoms with Crippen molar-refractivity contribution < 1.29 is 19.1 Å². The van der Waals surface area contributed by atoms with Crippen LogP contribution in [-0.4, -0.2) is 32.8 Å². The lowest BCUT2D eigenvalue weighted by Gasteiger charge is -2.05. The number of ketones is 1. The molecule has 136 valence electrons. The molecule has 1 aromatic heterocycles. The van der Waals surface area contributed by atoms with Crippen LogP contribution in [0.5, 0.6) is 0 Å². The van der Waals surface area contributed by atoms with E-state index >= 15 is 0 Å². The number of nitrogens with one attached hydrogen (secondary N) is 1. The quantitative estimate of drug-likeness (QED) is 0.472. The third kappa shape index (κ3) is 4.54. The van der Waals surface area contributed by atoms with Crippen molar-refractivity contribution in [2.45, 2.75) is 13.8 Å². The van der Waals surface area contributed by atoms with Crippen LogP contribution in [0.3, 0.4) is 0 Å². The summed E-state index contributed by atoms with van der Waals surface area (Å²) in [7, 11) is 1.60. The number of aromatic nitrogens is 2. The molecule has 0 saturated heterocycles. The molecule has 0 radical (unpaired) electrons. The van der Waals surface area contributed by atoms with Crippen molar-refractivity contribution in [3.63, 3.8) is 0 Å². The monoisotopic (exact) mass is 378 g/mol. The molecular formula is C17H16ClFN4O3. The van der Waals surface area contributed by atoms with Crippen LogP contribution in [-0.2, 0) is 11.8 Å². The summed E-state index contributed by atoms with van der Waals surface area (Å²) in [5, 5.41) is 16.0. The molecule has 0 aliphatic carbocycles. The number of nitrogens with zero attached hydrogens (tertiary/aromatic N) is 3. The van der Waals surface area contributed by atoms with Gasteiger partial charge < -0.3 is 10.4 Å². The third-order valence-corrected chi connectivity index (χ3v) is 3.61. The van der Waals surface area contributed by atoms with E-state index in [4.69, 9.17) is 11.6 Å². The second-order valence-electron chi connectivity index (χ2n) is 5.44. The van der Waals surface area contributed by atoms with Crippen molar-refractivity contribution in [2.75, 3.05) is 5.32 Å². The molecule has 0 aliphatic rings. The molecule has 0 fully saturated rings. The fourth-order valence-corrected chi connectivity index (χ4v) is 2.25. The van der Waals surface area contributed by atoms with Crippen LogP contribution >= 0.6 is 11.6 Å². The number of hydrogen-bond acceptors (Lipinski definition) is 5. The highest BCUT2D eigenvalue weighted by Gasteiger charge is 2.16. The van der Waals surface area contributed by atoms with Gasteiger partial charge in [0.25, 0.3) is 5.91 Å². The van der Waals surface area contributed by atoms with Crippen LogP contribution < -0.4 is 5.32 Å². The Labute approximate surface area is 153 Å². The molecule has 0 spiro atoms. The second-order valence-corrected chi connectivity index (χ2v) is 5.84. The van der Waals surface area contributed by atoms with Crippen LogP contribution in [0.4, 0.5) is 15.9 Å². The first-order valence-corrected chi connectivity index (χ1v) is 7.81. The van der Waals surface area contributed by atoms with E-state index in [2.05, 4.69) is 15.4 Å². The van der Waals surface area contributed by atoms with Gasteiger partial charge in [-0.3, -0.25) is 14.3 Å². The van der Waals surface area contributed by atoms with Gasteiger partial charge in [0.05, 0.1) is 10.6 Å². The van der Waals surface area contributed by atoms with Crippen molar-refractivity contribution in [2.24, 2.45) is 12.0 Å². The Balaban J connectivity index is 2.30. The number of amides is 1. The van der Waals surface area contributed by atoms with E-state index in [1.165, 1.54) is 36.9 Å². The number of aliphatic hydroxyl groups is 1. The molecule has 0 aliphatic heterocycles. The number of rotatable bonds is 5. The number of hydrogen-bond donors (Lipinski definition) is 2. The highest BCUT2D eigenvalue weighted by Crippen LogP contribution is 2.22. The molecule has 0 saturated carbocycles. The van der Waals surface area contributed by atoms with Gasteiger partial charge in [0.2, 0.25) is 0 Å². The van der Waals surface area contributed by atoms with Gasteiger partial charge in [-0.15, -0.1) is 0 Å². The predicted octanol–water partition coefficient (Wildman–Crippen LogP) is 3.59. The molecule has 0 bridgehead atoms. The van der Waals surface area contributed by atoms with Gasteiger partial charge in [-0.25, -0.2) is 9.38 Å². The lowest BCUT2D eigenvalue weighted by molar-refractivity contribution is -0.113. The number of allylic oxidation sites excluding steroid dienone is 2. The van der Waals surface area contributed by atoms with Crippen LogP contribution in [0.15, 0.2) is 40.7 Å². The SMILES string of the molecule is CC(=O)C(C=Nc1nn(C)cc1C(=O)Nc1ccc(F)c(Cl)c1)=C(C)O. The van der Waals surface area contributed by atoms with Gasteiger partial charge in [0, 0.05) is 25.1 Å². The number of benzene rings is 1. The average Bonchev–Trinajstić information content (AvgIpc) is 2.91. The van der Waals surface area contributed by atoms with E-state index in [9.17, 15) is 19.1 Å². The summed E-state index contributed by atoms with van der Waals surface area (Å²) in [4.78, 5) is 27.9. The van der Waals surface area contributed by atoms with Crippen LogP contribution in [0.2, 0.25) is 5.02 Å². The van der Waals surface area contributed by atoms with Crippen molar-refractivity contribution in [1.82, 2.24) is 9.78 Å². The zero-order chi connectivity index (χ0) is 19.4. The van der Waals surface area contributed by atoms with Crippen LogP contribution in [0.1, 0.15) is 24.2 Å². The maximum atomic E-state index is 13.2. The van der Waals surface area contributed by atoms with Gasteiger partial charge in [0.15, 0.2) is 11.6 Å². The van der Waals surface area contributed by atoms with E-state index < -0.39 is 11.7 Å². The van der Waals surface area contributed by atoms with Crippen molar-refractivity contribution in [1.29, 1.82) is 0 Å². The van der Waals surface area contributed by atoms with Gasteiger partial charge in [-0.2, -0.15) is 5.10 Å². The van der Waals surface area contributed by atoms with E-state index in [0.717, 1.165) is 12.3 Å². The fourth-order valence-electron chi connectivity index (χ4n) is 2.07. The maximum absolute atomic E-state index is 13.2. The molecule has 0 atom stereocenters. The van der Waals surface area contributed by atoms with Gasteiger partial charge in [-0.05, 0) is 32.0 Å². The number of anilines is 1. The Kier molecular flexibility index (Phi) is 5.89. The molecule has 1 amide bonds. The third-order valence-electron chi connectivity index (χ3n) is 3.32. The van der Waals surface area contributed by atoms with Gasteiger partial charge in [-0.1, -0.05) is 11.6 Å². The Morgan fingerprint density at radius 3 is 2.65 bits per heavy atom. The molecule has 26 heavy (non-hydrogen) atoms. The summed E-state index contributed by atoms with van der Waals surface area (Å²) in [6.07, 6.45) is 2.58. The van der Waals surface area contributed by atoms with Gasteiger partial charge >= 0.3 is 0 Å². The maximum Gasteiger partial charge on any atom is 0.261 e. The normalized spacial score (nSPS) is 12.2. The van der Waals surface area contributed by atoms with E-state index in [-0.39, 0.29) is 33.5 Å². The first kappa shape index (κ1) is 19.3. The molecule has 1 heterocycles. The molecule has 2 N–H and O–H groups in total. The highest BCUT2D eigenvalue weighted by molar-refractivity contribution is 6.31. The number of aliphatic hydroxyl groups excluding tert-OH is 1. The highest BCUT2D eigenvalue weighted by atomic mass is 35.5. The second kappa shape index (κ2) is 7.92. The summed E-state index contributed by atoms with van der Waals surface area (Å²) < 4.78 is 14.6. The molecule has 9 heteroatoms. The first-order valence-electron chi connectivity index (χ1n) is 7.44. The minimum absolute atomic E-state index is 0.00678. The number of halogens is 2. The lowest BCUT2D eigenvalue weighted by atomic mass is 10.2. The Bertz CT molecular complexity index is 930. The fraction of sp³-hybridized carbons (Fsp3) is 0.176. The molecule has 2 aromatic rings.